The summed E-state index contributed by atoms with van der Waals surface area (Å²) in [4.78, 5) is 20.6. The van der Waals surface area contributed by atoms with Crippen molar-refractivity contribution in [1.82, 2.24) is 24.6 Å². The van der Waals surface area contributed by atoms with E-state index >= 15 is 0 Å². The predicted octanol–water partition coefficient (Wildman–Crippen LogP) is 2.59. The topological polar surface area (TPSA) is 67.5 Å². The van der Waals surface area contributed by atoms with Gasteiger partial charge in [0.25, 0.3) is 0 Å². The monoisotopic (exact) mass is 518 g/mol. The van der Waals surface area contributed by atoms with Gasteiger partial charge in [0.05, 0.1) is 0 Å². The Hall–Kier alpha value is -1.36. The fourth-order valence-electron chi connectivity index (χ4n) is 3.31. The van der Waals surface area contributed by atoms with Crippen LogP contribution in [0.25, 0.3) is 0 Å². The molecule has 1 aliphatic rings. The van der Waals surface area contributed by atoms with Crippen LogP contribution in [0.15, 0.2) is 27.3 Å². The molecular formula is C19H31IN6OS. The van der Waals surface area contributed by atoms with Gasteiger partial charge in [-0.05, 0) is 44.1 Å². The number of guanidine groups is 1. The summed E-state index contributed by atoms with van der Waals surface area (Å²) in [5.74, 6) is 1.86. The van der Waals surface area contributed by atoms with Crippen LogP contribution in [0.4, 0.5) is 0 Å². The van der Waals surface area contributed by atoms with E-state index in [0.29, 0.717) is 13.1 Å². The molecule has 156 valence electrons. The number of aliphatic imine (C=N–C) groups is 1. The SMILES string of the molecule is CCNC(=NCCCn1nc2n(c1=O)CCCC2)N(C)CCc1cccs1.I. The van der Waals surface area contributed by atoms with Crippen molar-refractivity contribution < 1.29 is 0 Å². The Bertz CT molecular complexity index is 798. The highest BCUT2D eigenvalue weighted by Crippen LogP contribution is 2.10. The molecule has 2 aromatic heterocycles. The first-order valence-electron chi connectivity index (χ1n) is 9.87. The van der Waals surface area contributed by atoms with Crippen molar-refractivity contribution >= 4 is 41.3 Å². The maximum atomic E-state index is 12.4. The third kappa shape index (κ3) is 6.07. The lowest BCUT2D eigenvalue weighted by Crippen LogP contribution is -2.40. The van der Waals surface area contributed by atoms with E-state index in [4.69, 9.17) is 4.99 Å². The molecule has 3 rings (SSSR count). The number of thiophene rings is 1. The third-order valence-electron chi connectivity index (χ3n) is 4.79. The maximum Gasteiger partial charge on any atom is 0.345 e. The molecular weight excluding hydrogens is 487 g/mol. The Morgan fingerprint density at radius 2 is 2.29 bits per heavy atom. The van der Waals surface area contributed by atoms with Gasteiger partial charge < -0.3 is 10.2 Å². The normalized spacial score (nSPS) is 13.7. The number of rotatable bonds is 8. The molecule has 9 heteroatoms. The van der Waals surface area contributed by atoms with Crippen molar-refractivity contribution in [3.8, 4) is 0 Å². The Balaban J connectivity index is 0.00000280. The summed E-state index contributed by atoms with van der Waals surface area (Å²) in [6.45, 7) is 5.97. The van der Waals surface area contributed by atoms with Crippen molar-refractivity contribution in [2.75, 3.05) is 26.7 Å². The summed E-state index contributed by atoms with van der Waals surface area (Å²) in [6, 6.07) is 4.26. The molecule has 0 unspecified atom stereocenters. The zero-order valence-electron chi connectivity index (χ0n) is 16.8. The Morgan fingerprint density at radius 3 is 3.00 bits per heavy atom. The van der Waals surface area contributed by atoms with Crippen LogP contribution in [-0.4, -0.2) is 51.9 Å². The Labute approximate surface area is 187 Å². The summed E-state index contributed by atoms with van der Waals surface area (Å²) in [5, 5.41) is 9.96. The van der Waals surface area contributed by atoms with E-state index in [0.717, 1.165) is 63.5 Å². The fourth-order valence-corrected chi connectivity index (χ4v) is 4.01. The largest absolute Gasteiger partial charge is 0.357 e. The lowest BCUT2D eigenvalue weighted by molar-refractivity contribution is 0.483. The minimum Gasteiger partial charge on any atom is -0.357 e. The second kappa shape index (κ2) is 11.6. The minimum atomic E-state index is 0. The molecule has 0 bridgehead atoms. The number of aromatic nitrogens is 3. The molecule has 0 saturated carbocycles. The minimum absolute atomic E-state index is 0. The van der Waals surface area contributed by atoms with Crippen molar-refractivity contribution in [3.63, 3.8) is 0 Å². The first-order chi connectivity index (χ1) is 13.2. The van der Waals surface area contributed by atoms with Gasteiger partial charge in [-0.3, -0.25) is 9.56 Å². The molecule has 0 atom stereocenters. The summed E-state index contributed by atoms with van der Waals surface area (Å²) in [6.07, 6.45) is 4.95. The number of nitrogens with one attached hydrogen (secondary N) is 1. The van der Waals surface area contributed by atoms with Crippen LogP contribution in [0.1, 0.15) is 36.9 Å². The highest BCUT2D eigenvalue weighted by molar-refractivity contribution is 14.0. The Morgan fingerprint density at radius 1 is 1.43 bits per heavy atom. The Kier molecular flexibility index (Phi) is 9.49. The number of hydrogen-bond donors (Lipinski definition) is 1. The summed E-state index contributed by atoms with van der Waals surface area (Å²) in [7, 11) is 2.07. The van der Waals surface area contributed by atoms with Crippen molar-refractivity contribution in [2.24, 2.45) is 4.99 Å². The number of hydrogen-bond acceptors (Lipinski definition) is 4. The highest BCUT2D eigenvalue weighted by atomic mass is 127. The molecule has 3 heterocycles. The van der Waals surface area contributed by atoms with E-state index < -0.39 is 0 Å². The smallest absolute Gasteiger partial charge is 0.345 e. The van der Waals surface area contributed by atoms with E-state index in [1.807, 2.05) is 4.57 Å². The van der Waals surface area contributed by atoms with Crippen molar-refractivity contribution in [1.29, 1.82) is 0 Å². The third-order valence-corrected chi connectivity index (χ3v) is 5.73. The summed E-state index contributed by atoms with van der Waals surface area (Å²) < 4.78 is 3.44. The predicted molar refractivity (Wildman–Crippen MR) is 126 cm³/mol. The molecule has 1 aliphatic heterocycles. The van der Waals surface area contributed by atoms with E-state index in [2.05, 4.69) is 46.8 Å². The van der Waals surface area contributed by atoms with E-state index in [-0.39, 0.29) is 29.7 Å². The molecule has 0 radical (unpaired) electrons. The number of nitrogens with zero attached hydrogens (tertiary/aromatic N) is 5. The van der Waals surface area contributed by atoms with E-state index in [9.17, 15) is 4.79 Å². The van der Waals surface area contributed by atoms with Crippen LogP contribution in [0.2, 0.25) is 0 Å². The quantitative estimate of drug-likeness (QED) is 0.253. The van der Waals surface area contributed by atoms with Gasteiger partial charge in [0.2, 0.25) is 0 Å². The van der Waals surface area contributed by atoms with Gasteiger partial charge in [-0.25, -0.2) is 9.48 Å². The van der Waals surface area contributed by atoms with Gasteiger partial charge in [-0.15, -0.1) is 35.3 Å². The zero-order valence-corrected chi connectivity index (χ0v) is 19.9. The van der Waals surface area contributed by atoms with Gasteiger partial charge in [0.1, 0.15) is 5.82 Å². The second-order valence-corrected chi connectivity index (χ2v) is 7.90. The van der Waals surface area contributed by atoms with Crippen LogP contribution in [0.3, 0.4) is 0 Å². The van der Waals surface area contributed by atoms with Crippen molar-refractivity contribution in [3.05, 3.63) is 38.7 Å². The van der Waals surface area contributed by atoms with Gasteiger partial charge in [0.15, 0.2) is 5.96 Å². The van der Waals surface area contributed by atoms with E-state index in [1.54, 1.807) is 16.0 Å². The second-order valence-electron chi connectivity index (χ2n) is 6.87. The zero-order chi connectivity index (χ0) is 19.1. The number of aryl methyl sites for hydroxylation is 2. The van der Waals surface area contributed by atoms with Gasteiger partial charge >= 0.3 is 5.69 Å². The van der Waals surface area contributed by atoms with Gasteiger partial charge in [-0.1, -0.05) is 6.07 Å². The number of fused-ring (bicyclic) bond motifs is 1. The van der Waals surface area contributed by atoms with Gasteiger partial charge in [-0.2, -0.15) is 5.10 Å². The molecule has 28 heavy (non-hydrogen) atoms. The van der Waals surface area contributed by atoms with Crippen LogP contribution >= 0.6 is 35.3 Å². The first-order valence-corrected chi connectivity index (χ1v) is 10.8. The average molecular weight is 518 g/mol. The van der Waals surface area contributed by atoms with Crippen LogP contribution in [-0.2, 0) is 25.9 Å². The van der Waals surface area contributed by atoms with Crippen molar-refractivity contribution in [2.45, 2.75) is 52.1 Å². The highest BCUT2D eigenvalue weighted by Gasteiger charge is 2.16. The van der Waals surface area contributed by atoms with E-state index in [1.165, 1.54) is 4.88 Å². The number of likely N-dealkylation sites (N-methyl/N-ethyl adjacent to an activating group) is 1. The molecule has 0 amide bonds. The molecule has 0 spiro atoms. The fraction of sp³-hybridized carbons (Fsp3) is 0.632. The van der Waals surface area contributed by atoms with Crippen LogP contribution < -0.4 is 11.0 Å². The summed E-state index contributed by atoms with van der Waals surface area (Å²) in [5.41, 5.74) is 0.0358. The molecule has 0 aromatic carbocycles. The molecule has 0 saturated heterocycles. The standard InChI is InChI=1S/C19H30N6OS.HI/c1-3-20-18(23(2)14-10-16-8-6-15-27-16)21-11-7-13-25-19(26)24-12-5-4-9-17(24)22-25;/h6,8,15H,3-5,7,9-14H2,1-2H3,(H,20,21);1H. The first kappa shape index (κ1) is 22.9. The van der Waals surface area contributed by atoms with Crippen LogP contribution in [0.5, 0.6) is 0 Å². The average Bonchev–Trinajstić information content (AvgIpc) is 3.31. The molecule has 2 aromatic rings. The lowest BCUT2D eigenvalue weighted by Gasteiger charge is -2.21. The molecule has 7 nitrogen and oxygen atoms in total. The summed E-state index contributed by atoms with van der Waals surface area (Å²) >= 11 is 1.79. The maximum absolute atomic E-state index is 12.4. The van der Waals surface area contributed by atoms with Crippen LogP contribution in [0, 0.1) is 0 Å². The lowest BCUT2D eigenvalue weighted by atomic mass is 10.2. The van der Waals surface area contributed by atoms with Gasteiger partial charge in [0, 0.05) is 51.1 Å². The molecule has 1 N–H and O–H groups in total. The molecule has 0 fully saturated rings. The number of halogens is 1. The molecule has 0 aliphatic carbocycles.